The van der Waals surface area contributed by atoms with Gasteiger partial charge in [-0.1, -0.05) is 20.8 Å². The SMILES string of the molecule is CC(C)(C)C(CCO)NC1CCC2(CC1)OCCO2. The lowest BCUT2D eigenvalue weighted by Crippen LogP contribution is -2.49. The quantitative estimate of drug-likeness (QED) is 0.822. The normalized spacial score (nSPS) is 25.9. The van der Waals surface area contributed by atoms with Crippen molar-refractivity contribution in [3.63, 3.8) is 0 Å². The highest BCUT2D eigenvalue weighted by molar-refractivity contribution is 4.89. The van der Waals surface area contributed by atoms with Crippen LogP contribution in [-0.2, 0) is 9.47 Å². The zero-order valence-corrected chi connectivity index (χ0v) is 12.6. The molecule has 1 heterocycles. The molecule has 1 saturated carbocycles. The third-order valence-electron chi connectivity index (χ3n) is 4.46. The molecule has 1 unspecified atom stereocenters. The van der Waals surface area contributed by atoms with Gasteiger partial charge in [-0.15, -0.1) is 0 Å². The van der Waals surface area contributed by atoms with Gasteiger partial charge in [-0.3, -0.25) is 0 Å². The van der Waals surface area contributed by atoms with Crippen molar-refractivity contribution in [2.45, 2.75) is 70.7 Å². The molecule has 2 rings (SSSR count). The maximum absolute atomic E-state index is 9.22. The summed E-state index contributed by atoms with van der Waals surface area (Å²) in [6.45, 7) is 8.42. The molecule has 2 N–H and O–H groups in total. The molecule has 2 fully saturated rings. The number of aliphatic hydroxyl groups is 1. The van der Waals surface area contributed by atoms with Gasteiger partial charge in [0.15, 0.2) is 5.79 Å². The summed E-state index contributed by atoms with van der Waals surface area (Å²) in [5, 5.41) is 12.9. The fourth-order valence-electron chi connectivity index (χ4n) is 3.19. The van der Waals surface area contributed by atoms with Gasteiger partial charge in [0.1, 0.15) is 0 Å². The Morgan fingerprint density at radius 1 is 1.21 bits per heavy atom. The summed E-state index contributed by atoms with van der Waals surface area (Å²) in [6.07, 6.45) is 4.98. The molecule has 0 bridgehead atoms. The third kappa shape index (κ3) is 3.91. The van der Waals surface area contributed by atoms with Gasteiger partial charge in [0.25, 0.3) is 0 Å². The van der Waals surface area contributed by atoms with Gasteiger partial charge >= 0.3 is 0 Å². The molecule has 1 aliphatic carbocycles. The summed E-state index contributed by atoms with van der Waals surface area (Å²) in [4.78, 5) is 0. The van der Waals surface area contributed by atoms with Crippen LogP contribution >= 0.6 is 0 Å². The summed E-state index contributed by atoms with van der Waals surface area (Å²) in [6, 6.07) is 0.885. The Bertz CT molecular complexity index is 272. The highest BCUT2D eigenvalue weighted by atomic mass is 16.7. The van der Waals surface area contributed by atoms with E-state index in [4.69, 9.17) is 9.47 Å². The van der Waals surface area contributed by atoms with Crippen LogP contribution in [0.1, 0.15) is 52.9 Å². The third-order valence-corrected chi connectivity index (χ3v) is 4.46. The Kier molecular flexibility index (Phi) is 4.88. The second kappa shape index (κ2) is 6.08. The maximum atomic E-state index is 9.22. The first-order chi connectivity index (χ1) is 8.95. The van der Waals surface area contributed by atoms with Crippen LogP contribution < -0.4 is 5.32 Å². The molecule has 112 valence electrons. The minimum atomic E-state index is -0.271. The minimum absolute atomic E-state index is 0.179. The Labute approximate surface area is 116 Å². The average Bonchev–Trinajstić information content (AvgIpc) is 2.79. The molecule has 19 heavy (non-hydrogen) atoms. The maximum Gasteiger partial charge on any atom is 0.168 e. The van der Waals surface area contributed by atoms with Crippen molar-refractivity contribution in [1.29, 1.82) is 0 Å². The van der Waals surface area contributed by atoms with Gasteiger partial charge in [0.2, 0.25) is 0 Å². The molecule has 4 nitrogen and oxygen atoms in total. The molecule has 4 heteroatoms. The molecule has 2 aliphatic rings. The van der Waals surface area contributed by atoms with E-state index in [1.165, 1.54) is 0 Å². The summed E-state index contributed by atoms with van der Waals surface area (Å²) in [7, 11) is 0. The van der Waals surface area contributed by atoms with Crippen molar-refractivity contribution >= 4 is 0 Å². The fourth-order valence-corrected chi connectivity index (χ4v) is 3.19. The topological polar surface area (TPSA) is 50.7 Å². The van der Waals surface area contributed by atoms with E-state index in [1.54, 1.807) is 0 Å². The summed E-state index contributed by atoms with van der Waals surface area (Å²) in [5.41, 5.74) is 0.179. The number of rotatable bonds is 4. The Balaban J connectivity index is 1.83. The molecule has 1 spiro atoms. The molecule has 0 radical (unpaired) electrons. The van der Waals surface area contributed by atoms with E-state index >= 15 is 0 Å². The highest BCUT2D eigenvalue weighted by Gasteiger charge is 2.41. The molecular formula is C15H29NO3. The fraction of sp³-hybridized carbons (Fsp3) is 1.00. The van der Waals surface area contributed by atoms with Crippen LogP contribution in [0, 0.1) is 5.41 Å². The highest BCUT2D eigenvalue weighted by Crippen LogP contribution is 2.36. The number of hydrogen-bond acceptors (Lipinski definition) is 4. The Morgan fingerprint density at radius 3 is 2.26 bits per heavy atom. The van der Waals surface area contributed by atoms with Crippen LogP contribution in [0.15, 0.2) is 0 Å². The van der Waals surface area contributed by atoms with Crippen molar-refractivity contribution < 1.29 is 14.6 Å². The summed E-state index contributed by atoms with van der Waals surface area (Å²) < 4.78 is 11.5. The molecule has 1 saturated heterocycles. The van der Waals surface area contributed by atoms with Crippen molar-refractivity contribution in [1.82, 2.24) is 5.32 Å². The van der Waals surface area contributed by atoms with Gasteiger partial charge in [-0.2, -0.15) is 0 Å². The molecule has 1 atom stereocenters. The van der Waals surface area contributed by atoms with Crippen molar-refractivity contribution in [3.05, 3.63) is 0 Å². The molecule has 0 aromatic rings. The molecule has 0 aromatic carbocycles. The predicted molar refractivity (Wildman–Crippen MR) is 75.0 cm³/mol. The van der Waals surface area contributed by atoms with E-state index in [2.05, 4.69) is 26.1 Å². The summed E-state index contributed by atoms with van der Waals surface area (Å²) in [5.74, 6) is -0.271. The van der Waals surface area contributed by atoms with Crippen LogP contribution in [-0.4, -0.2) is 42.8 Å². The predicted octanol–water partition coefficient (Wildman–Crippen LogP) is 2.06. The number of aliphatic hydroxyl groups excluding tert-OH is 1. The molecule has 0 aromatic heterocycles. The van der Waals surface area contributed by atoms with Crippen LogP contribution in [0.5, 0.6) is 0 Å². The monoisotopic (exact) mass is 271 g/mol. The Morgan fingerprint density at radius 2 is 1.79 bits per heavy atom. The van der Waals surface area contributed by atoms with Gasteiger partial charge in [-0.05, 0) is 24.7 Å². The van der Waals surface area contributed by atoms with E-state index in [0.29, 0.717) is 12.1 Å². The van der Waals surface area contributed by atoms with Crippen molar-refractivity contribution in [3.8, 4) is 0 Å². The second-order valence-corrected chi connectivity index (χ2v) is 6.98. The van der Waals surface area contributed by atoms with E-state index in [-0.39, 0.29) is 17.8 Å². The zero-order chi connectivity index (χ0) is 13.9. The lowest BCUT2D eigenvalue weighted by Gasteiger charge is -2.40. The lowest BCUT2D eigenvalue weighted by molar-refractivity contribution is -0.180. The minimum Gasteiger partial charge on any atom is -0.396 e. The molecule has 0 amide bonds. The first-order valence-corrected chi connectivity index (χ1v) is 7.60. The van der Waals surface area contributed by atoms with E-state index in [0.717, 1.165) is 45.3 Å². The van der Waals surface area contributed by atoms with Crippen LogP contribution in [0.2, 0.25) is 0 Å². The standard InChI is InChI=1S/C15H29NO3/c1-14(2,3)13(6-9-17)16-12-4-7-15(8-5-12)18-10-11-19-15/h12-13,16-17H,4-11H2,1-3H3. The van der Waals surface area contributed by atoms with E-state index in [9.17, 15) is 5.11 Å². The van der Waals surface area contributed by atoms with Gasteiger partial charge in [0, 0.05) is 31.5 Å². The first-order valence-electron chi connectivity index (χ1n) is 7.60. The number of nitrogens with one attached hydrogen (secondary N) is 1. The van der Waals surface area contributed by atoms with Crippen LogP contribution in [0.25, 0.3) is 0 Å². The Hall–Kier alpha value is -0.160. The van der Waals surface area contributed by atoms with E-state index in [1.807, 2.05) is 0 Å². The van der Waals surface area contributed by atoms with E-state index < -0.39 is 0 Å². The lowest BCUT2D eigenvalue weighted by atomic mass is 9.82. The largest absolute Gasteiger partial charge is 0.396 e. The van der Waals surface area contributed by atoms with Crippen molar-refractivity contribution in [2.75, 3.05) is 19.8 Å². The van der Waals surface area contributed by atoms with Crippen LogP contribution in [0.3, 0.4) is 0 Å². The van der Waals surface area contributed by atoms with Gasteiger partial charge in [-0.25, -0.2) is 0 Å². The van der Waals surface area contributed by atoms with Crippen LogP contribution in [0.4, 0.5) is 0 Å². The number of hydrogen-bond donors (Lipinski definition) is 2. The average molecular weight is 271 g/mol. The van der Waals surface area contributed by atoms with Gasteiger partial charge < -0.3 is 19.9 Å². The number of ether oxygens (including phenoxy) is 2. The summed E-state index contributed by atoms with van der Waals surface area (Å²) >= 11 is 0. The second-order valence-electron chi connectivity index (χ2n) is 6.98. The zero-order valence-electron chi connectivity index (χ0n) is 12.6. The smallest absolute Gasteiger partial charge is 0.168 e. The molecular weight excluding hydrogens is 242 g/mol. The molecule has 1 aliphatic heterocycles. The first kappa shape index (κ1) is 15.2. The van der Waals surface area contributed by atoms with Gasteiger partial charge in [0.05, 0.1) is 13.2 Å². The van der Waals surface area contributed by atoms with Crippen molar-refractivity contribution in [2.24, 2.45) is 5.41 Å².